The number of aliphatic carboxylic acids is 1. The highest BCUT2D eigenvalue weighted by Gasteiger charge is 2.17. The number of hydrogen-bond acceptors (Lipinski definition) is 4. The van der Waals surface area contributed by atoms with Gasteiger partial charge in [-0.3, -0.25) is 18.7 Å². The van der Waals surface area contributed by atoms with Crippen molar-refractivity contribution in [2.75, 3.05) is 0 Å². The van der Waals surface area contributed by atoms with Crippen LogP contribution in [-0.2, 0) is 23.2 Å². The SMILES string of the molecule is CC[C@H](NC(=O)Cn1ccc(=O)n(C)c1=O)C(=O)O. The predicted molar refractivity (Wildman–Crippen MR) is 65.8 cm³/mol. The summed E-state index contributed by atoms with van der Waals surface area (Å²) in [6.07, 6.45) is 1.44. The van der Waals surface area contributed by atoms with Crippen LogP contribution >= 0.6 is 0 Å². The monoisotopic (exact) mass is 269 g/mol. The molecule has 8 nitrogen and oxygen atoms in total. The van der Waals surface area contributed by atoms with Crippen molar-refractivity contribution >= 4 is 11.9 Å². The highest BCUT2D eigenvalue weighted by Crippen LogP contribution is 1.91. The Balaban J connectivity index is 2.84. The Morgan fingerprint density at radius 2 is 2.05 bits per heavy atom. The van der Waals surface area contributed by atoms with Gasteiger partial charge in [0.2, 0.25) is 5.91 Å². The van der Waals surface area contributed by atoms with E-state index in [1.807, 2.05) is 0 Å². The number of carboxylic acids is 1. The maximum atomic E-state index is 11.6. The van der Waals surface area contributed by atoms with Gasteiger partial charge in [0.25, 0.3) is 5.56 Å². The molecule has 1 heterocycles. The number of carboxylic acid groups (broad SMARTS) is 1. The van der Waals surface area contributed by atoms with Gasteiger partial charge in [-0.15, -0.1) is 0 Å². The largest absolute Gasteiger partial charge is 0.480 e. The number of carbonyl (C=O) groups is 2. The first-order valence-electron chi connectivity index (χ1n) is 5.65. The minimum Gasteiger partial charge on any atom is -0.480 e. The minimum atomic E-state index is -1.14. The molecule has 0 saturated heterocycles. The van der Waals surface area contributed by atoms with Crippen LogP contribution in [0.4, 0.5) is 0 Å². The Kier molecular flexibility index (Phi) is 4.62. The Morgan fingerprint density at radius 3 is 2.58 bits per heavy atom. The fraction of sp³-hybridized carbons (Fsp3) is 0.455. The van der Waals surface area contributed by atoms with Gasteiger partial charge in [0.1, 0.15) is 12.6 Å². The molecule has 104 valence electrons. The first-order chi connectivity index (χ1) is 8.86. The lowest BCUT2D eigenvalue weighted by Crippen LogP contribution is -2.44. The molecule has 0 spiro atoms. The molecule has 8 heteroatoms. The van der Waals surface area contributed by atoms with Crippen molar-refractivity contribution in [3.8, 4) is 0 Å². The molecule has 0 fully saturated rings. The van der Waals surface area contributed by atoms with Crippen molar-refractivity contribution < 1.29 is 14.7 Å². The third kappa shape index (κ3) is 3.54. The topological polar surface area (TPSA) is 110 Å². The van der Waals surface area contributed by atoms with Crippen LogP contribution in [0, 0.1) is 0 Å². The van der Waals surface area contributed by atoms with E-state index in [0.29, 0.717) is 0 Å². The molecular weight excluding hydrogens is 254 g/mol. The zero-order valence-electron chi connectivity index (χ0n) is 10.6. The van der Waals surface area contributed by atoms with E-state index in [1.165, 1.54) is 13.2 Å². The van der Waals surface area contributed by atoms with Crippen LogP contribution in [0.2, 0.25) is 0 Å². The van der Waals surface area contributed by atoms with Crippen LogP contribution in [0.1, 0.15) is 13.3 Å². The van der Waals surface area contributed by atoms with Gasteiger partial charge in [0.15, 0.2) is 0 Å². The molecule has 1 atom stereocenters. The maximum Gasteiger partial charge on any atom is 0.331 e. The van der Waals surface area contributed by atoms with Crippen LogP contribution in [0.3, 0.4) is 0 Å². The summed E-state index contributed by atoms with van der Waals surface area (Å²) in [5, 5.41) is 11.1. The van der Waals surface area contributed by atoms with Crippen molar-refractivity contribution in [3.05, 3.63) is 33.1 Å². The number of carbonyl (C=O) groups excluding carboxylic acids is 1. The fourth-order valence-electron chi connectivity index (χ4n) is 1.47. The molecule has 0 aromatic carbocycles. The van der Waals surface area contributed by atoms with E-state index in [4.69, 9.17) is 5.11 Å². The summed E-state index contributed by atoms with van der Waals surface area (Å²) >= 11 is 0. The van der Waals surface area contributed by atoms with Crippen LogP contribution in [-0.4, -0.2) is 32.2 Å². The minimum absolute atomic E-state index is 0.239. The third-order valence-electron chi connectivity index (χ3n) is 2.62. The van der Waals surface area contributed by atoms with Crippen LogP contribution in [0.5, 0.6) is 0 Å². The molecule has 19 heavy (non-hydrogen) atoms. The predicted octanol–water partition coefficient (Wildman–Crippen LogP) is -1.47. The van der Waals surface area contributed by atoms with Gasteiger partial charge in [-0.05, 0) is 6.42 Å². The van der Waals surface area contributed by atoms with E-state index in [0.717, 1.165) is 15.2 Å². The number of rotatable bonds is 5. The molecule has 0 unspecified atom stereocenters. The van der Waals surface area contributed by atoms with E-state index in [2.05, 4.69) is 5.32 Å². The first kappa shape index (κ1) is 14.7. The standard InChI is InChI=1S/C11H15N3O5/c1-3-7(10(17)18)12-8(15)6-14-5-4-9(16)13(2)11(14)19/h4-5,7H,3,6H2,1-2H3,(H,12,15)(H,17,18)/t7-/m0/s1. The Labute approximate surface area is 108 Å². The van der Waals surface area contributed by atoms with Crippen LogP contribution in [0.15, 0.2) is 21.9 Å². The summed E-state index contributed by atoms with van der Waals surface area (Å²) in [7, 11) is 1.30. The summed E-state index contributed by atoms with van der Waals surface area (Å²) in [5.41, 5.74) is -1.11. The van der Waals surface area contributed by atoms with Gasteiger partial charge in [0.05, 0.1) is 0 Å². The van der Waals surface area contributed by atoms with Crippen LogP contribution < -0.4 is 16.6 Å². The quantitative estimate of drug-likeness (QED) is 0.677. The van der Waals surface area contributed by atoms with Crippen molar-refractivity contribution in [2.45, 2.75) is 25.9 Å². The van der Waals surface area contributed by atoms with Gasteiger partial charge in [-0.2, -0.15) is 0 Å². The van der Waals surface area contributed by atoms with Gasteiger partial charge in [-0.1, -0.05) is 6.92 Å². The molecule has 0 aliphatic carbocycles. The molecule has 0 aliphatic rings. The molecule has 0 radical (unpaired) electrons. The lowest BCUT2D eigenvalue weighted by atomic mass is 10.2. The van der Waals surface area contributed by atoms with Crippen molar-refractivity contribution in [3.63, 3.8) is 0 Å². The second-order valence-corrected chi connectivity index (χ2v) is 3.99. The van der Waals surface area contributed by atoms with Gasteiger partial charge >= 0.3 is 11.7 Å². The molecule has 0 aliphatic heterocycles. The highest BCUT2D eigenvalue weighted by atomic mass is 16.4. The lowest BCUT2D eigenvalue weighted by molar-refractivity contribution is -0.142. The molecule has 1 rings (SSSR count). The van der Waals surface area contributed by atoms with E-state index < -0.39 is 29.2 Å². The lowest BCUT2D eigenvalue weighted by Gasteiger charge is -2.13. The molecule has 0 saturated carbocycles. The molecule has 0 bridgehead atoms. The number of nitrogens with one attached hydrogen (secondary N) is 1. The fourth-order valence-corrected chi connectivity index (χ4v) is 1.47. The van der Waals surface area contributed by atoms with Gasteiger partial charge in [0, 0.05) is 19.3 Å². The second kappa shape index (κ2) is 5.98. The summed E-state index contributed by atoms with van der Waals surface area (Å²) < 4.78 is 1.90. The summed E-state index contributed by atoms with van der Waals surface area (Å²) in [6.45, 7) is 1.29. The second-order valence-electron chi connectivity index (χ2n) is 3.99. The maximum absolute atomic E-state index is 11.6. The van der Waals surface area contributed by atoms with Gasteiger partial charge in [-0.25, -0.2) is 9.59 Å². The summed E-state index contributed by atoms with van der Waals surface area (Å²) in [5.74, 6) is -1.74. The highest BCUT2D eigenvalue weighted by molar-refractivity contribution is 5.83. The number of amides is 1. The van der Waals surface area contributed by atoms with Crippen molar-refractivity contribution in [1.82, 2.24) is 14.5 Å². The molecule has 1 amide bonds. The zero-order chi connectivity index (χ0) is 14.6. The molecule has 1 aromatic heterocycles. The Morgan fingerprint density at radius 1 is 1.42 bits per heavy atom. The Hall–Kier alpha value is -2.38. The molecule has 2 N–H and O–H groups in total. The zero-order valence-corrected chi connectivity index (χ0v) is 10.6. The normalized spacial score (nSPS) is 11.9. The number of hydrogen-bond donors (Lipinski definition) is 2. The van der Waals surface area contributed by atoms with Crippen molar-refractivity contribution in [1.29, 1.82) is 0 Å². The number of nitrogens with zero attached hydrogens (tertiary/aromatic N) is 2. The van der Waals surface area contributed by atoms with E-state index in [-0.39, 0.29) is 13.0 Å². The van der Waals surface area contributed by atoms with Crippen LogP contribution in [0.25, 0.3) is 0 Å². The van der Waals surface area contributed by atoms with E-state index >= 15 is 0 Å². The average molecular weight is 269 g/mol. The Bertz CT molecular complexity index is 601. The van der Waals surface area contributed by atoms with E-state index in [1.54, 1.807) is 6.92 Å². The third-order valence-corrected chi connectivity index (χ3v) is 2.62. The van der Waals surface area contributed by atoms with Crippen molar-refractivity contribution in [2.24, 2.45) is 7.05 Å². The smallest absolute Gasteiger partial charge is 0.331 e. The first-order valence-corrected chi connectivity index (χ1v) is 5.65. The van der Waals surface area contributed by atoms with Gasteiger partial charge < -0.3 is 10.4 Å². The summed E-state index contributed by atoms with van der Waals surface area (Å²) in [6, 6.07) is 0.166. The number of aromatic nitrogens is 2. The average Bonchev–Trinajstić information content (AvgIpc) is 2.36. The van der Waals surface area contributed by atoms with E-state index in [9.17, 15) is 19.2 Å². The molecule has 1 aromatic rings. The molecular formula is C11H15N3O5. The summed E-state index contributed by atoms with van der Waals surface area (Å²) in [4.78, 5) is 45.2.